The van der Waals surface area contributed by atoms with Crippen molar-refractivity contribution in [3.8, 4) is 0 Å². The molecule has 1 atom stereocenters. The Morgan fingerprint density at radius 2 is 2.26 bits per heavy atom. The summed E-state index contributed by atoms with van der Waals surface area (Å²) in [5, 5.41) is 2.91. The van der Waals surface area contributed by atoms with Crippen molar-refractivity contribution in [1.82, 2.24) is 4.98 Å². The van der Waals surface area contributed by atoms with Crippen LogP contribution in [0, 0.1) is 6.92 Å². The van der Waals surface area contributed by atoms with Crippen molar-refractivity contribution in [3.63, 3.8) is 0 Å². The highest BCUT2D eigenvalue weighted by Gasteiger charge is 2.24. The van der Waals surface area contributed by atoms with E-state index >= 15 is 0 Å². The van der Waals surface area contributed by atoms with E-state index in [0.29, 0.717) is 6.42 Å². The van der Waals surface area contributed by atoms with E-state index in [2.05, 4.69) is 10.3 Å². The number of anilines is 1. The summed E-state index contributed by atoms with van der Waals surface area (Å²) in [6.07, 6.45) is 6.90. The number of aromatic nitrogens is 1. The normalized spacial score (nSPS) is 17.4. The molecule has 1 aliphatic carbocycles. The van der Waals surface area contributed by atoms with Crippen LogP contribution in [0.2, 0.25) is 0 Å². The fourth-order valence-corrected chi connectivity index (χ4v) is 2.43. The van der Waals surface area contributed by atoms with Crippen LogP contribution < -0.4 is 5.32 Å². The van der Waals surface area contributed by atoms with Crippen LogP contribution in [-0.4, -0.2) is 23.1 Å². The summed E-state index contributed by atoms with van der Waals surface area (Å²) < 4.78 is 5.90. The van der Waals surface area contributed by atoms with Crippen LogP contribution in [-0.2, 0) is 9.53 Å². The number of pyridine rings is 1. The Kier molecular flexibility index (Phi) is 4.91. The van der Waals surface area contributed by atoms with Gasteiger partial charge in [0.05, 0.1) is 17.5 Å². The van der Waals surface area contributed by atoms with Crippen molar-refractivity contribution >= 4 is 11.6 Å². The molecule has 0 saturated heterocycles. The van der Waals surface area contributed by atoms with Crippen LogP contribution >= 0.6 is 0 Å². The number of nitrogens with zero attached hydrogens (tertiary/aromatic N) is 1. The lowest BCUT2D eigenvalue weighted by Crippen LogP contribution is -2.33. The Morgan fingerprint density at radius 1 is 1.53 bits per heavy atom. The first-order chi connectivity index (χ1) is 9.20. The molecule has 104 valence electrons. The Morgan fingerprint density at radius 3 is 2.89 bits per heavy atom. The second-order valence-corrected chi connectivity index (χ2v) is 5.07. The van der Waals surface area contributed by atoms with Crippen molar-refractivity contribution in [2.24, 2.45) is 0 Å². The maximum Gasteiger partial charge on any atom is 0.253 e. The Bertz CT molecular complexity index is 428. The lowest BCUT2D eigenvalue weighted by molar-refractivity contribution is -0.131. The van der Waals surface area contributed by atoms with Crippen molar-refractivity contribution < 1.29 is 9.53 Å². The molecule has 1 amide bonds. The first-order valence-electron chi connectivity index (χ1n) is 7.08. The molecule has 2 rings (SSSR count). The number of ether oxygens (including phenoxy) is 1. The smallest absolute Gasteiger partial charge is 0.253 e. The first-order valence-corrected chi connectivity index (χ1v) is 7.08. The quantitative estimate of drug-likeness (QED) is 0.887. The van der Waals surface area contributed by atoms with Crippen LogP contribution in [0.15, 0.2) is 18.3 Å². The largest absolute Gasteiger partial charge is 0.365 e. The van der Waals surface area contributed by atoms with Crippen molar-refractivity contribution in [3.05, 3.63) is 24.0 Å². The summed E-state index contributed by atoms with van der Waals surface area (Å²) in [4.78, 5) is 16.4. The average molecular weight is 262 g/mol. The molecule has 4 nitrogen and oxygen atoms in total. The fraction of sp³-hybridized carbons (Fsp3) is 0.600. The summed E-state index contributed by atoms with van der Waals surface area (Å²) in [6.45, 7) is 3.86. The van der Waals surface area contributed by atoms with Gasteiger partial charge in [-0.2, -0.15) is 0 Å². The zero-order valence-electron chi connectivity index (χ0n) is 11.7. The molecule has 1 aromatic heterocycles. The third-order valence-corrected chi connectivity index (χ3v) is 3.59. The molecule has 19 heavy (non-hydrogen) atoms. The molecule has 0 spiro atoms. The summed E-state index contributed by atoms with van der Waals surface area (Å²) >= 11 is 0. The second-order valence-electron chi connectivity index (χ2n) is 5.07. The minimum atomic E-state index is -0.359. The number of amides is 1. The van der Waals surface area contributed by atoms with E-state index in [1.165, 1.54) is 12.8 Å². The molecule has 1 heterocycles. The third kappa shape index (κ3) is 3.77. The summed E-state index contributed by atoms with van der Waals surface area (Å²) in [5.74, 6) is -0.0644. The van der Waals surface area contributed by atoms with E-state index in [-0.39, 0.29) is 18.1 Å². The van der Waals surface area contributed by atoms with E-state index in [9.17, 15) is 4.79 Å². The van der Waals surface area contributed by atoms with Gasteiger partial charge < -0.3 is 10.1 Å². The lowest BCUT2D eigenvalue weighted by Gasteiger charge is -2.20. The molecule has 0 bridgehead atoms. The molecule has 1 aromatic rings. The number of carbonyl (C=O) groups is 1. The zero-order chi connectivity index (χ0) is 13.7. The van der Waals surface area contributed by atoms with Gasteiger partial charge in [-0.1, -0.05) is 19.8 Å². The predicted octanol–water partition coefficient (Wildman–Crippen LogP) is 3.07. The van der Waals surface area contributed by atoms with E-state index in [1.807, 2.05) is 26.0 Å². The van der Waals surface area contributed by atoms with E-state index in [4.69, 9.17) is 4.74 Å². The Hall–Kier alpha value is -1.42. The molecular formula is C15H22N2O2. The molecule has 4 heteroatoms. The van der Waals surface area contributed by atoms with Crippen LogP contribution in [0.5, 0.6) is 0 Å². The molecule has 0 aromatic carbocycles. The van der Waals surface area contributed by atoms with Gasteiger partial charge in [0.1, 0.15) is 6.10 Å². The minimum Gasteiger partial charge on any atom is -0.365 e. The highest BCUT2D eigenvalue weighted by molar-refractivity contribution is 5.94. The first kappa shape index (κ1) is 14.0. The number of hydrogen-bond acceptors (Lipinski definition) is 3. The number of carbonyl (C=O) groups excluding carboxylic acids is 1. The number of aryl methyl sites for hydroxylation is 1. The highest BCUT2D eigenvalue weighted by Crippen LogP contribution is 2.23. The topological polar surface area (TPSA) is 51.2 Å². The SMILES string of the molecule is CC[C@H](OC1CCCC1)C(=O)Nc1cccnc1C. The van der Waals surface area contributed by atoms with Gasteiger partial charge in [-0.3, -0.25) is 9.78 Å². The molecule has 0 aliphatic heterocycles. The second kappa shape index (κ2) is 6.66. The van der Waals surface area contributed by atoms with Crippen LogP contribution in [0.25, 0.3) is 0 Å². The Labute approximate surface area is 114 Å². The summed E-state index contributed by atoms with van der Waals surface area (Å²) in [5.41, 5.74) is 1.59. The van der Waals surface area contributed by atoms with E-state index in [0.717, 1.165) is 24.2 Å². The van der Waals surface area contributed by atoms with E-state index < -0.39 is 0 Å². The van der Waals surface area contributed by atoms with Gasteiger partial charge >= 0.3 is 0 Å². The highest BCUT2D eigenvalue weighted by atomic mass is 16.5. The summed E-state index contributed by atoms with van der Waals surface area (Å²) in [7, 11) is 0. The summed E-state index contributed by atoms with van der Waals surface area (Å²) in [6, 6.07) is 3.68. The zero-order valence-corrected chi connectivity index (χ0v) is 11.7. The van der Waals surface area contributed by atoms with Gasteiger partial charge in [0.25, 0.3) is 5.91 Å². The van der Waals surface area contributed by atoms with Gasteiger partial charge in [0.2, 0.25) is 0 Å². The minimum absolute atomic E-state index is 0.0644. The van der Waals surface area contributed by atoms with E-state index in [1.54, 1.807) is 6.20 Å². The van der Waals surface area contributed by atoms with Crippen LogP contribution in [0.3, 0.4) is 0 Å². The van der Waals surface area contributed by atoms with Crippen molar-refractivity contribution in [2.75, 3.05) is 5.32 Å². The molecular weight excluding hydrogens is 240 g/mol. The van der Waals surface area contributed by atoms with Gasteiger partial charge in [0, 0.05) is 6.20 Å². The molecule has 1 fully saturated rings. The lowest BCUT2D eigenvalue weighted by atomic mass is 10.2. The maximum atomic E-state index is 12.2. The average Bonchev–Trinajstić information content (AvgIpc) is 2.91. The van der Waals surface area contributed by atoms with Crippen molar-refractivity contribution in [2.45, 2.75) is 58.2 Å². The molecule has 1 N–H and O–H groups in total. The molecule has 0 radical (unpaired) electrons. The predicted molar refractivity (Wildman–Crippen MR) is 75.0 cm³/mol. The monoisotopic (exact) mass is 262 g/mol. The molecule has 1 aliphatic rings. The fourth-order valence-electron chi connectivity index (χ4n) is 2.43. The van der Waals surface area contributed by atoms with Gasteiger partial charge in [-0.25, -0.2) is 0 Å². The van der Waals surface area contributed by atoms with Crippen LogP contribution in [0.4, 0.5) is 5.69 Å². The number of hydrogen-bond donors (Lipinski definition) is 1. The molecule has 0 unspecified atom stereocenters. The number of rotatable bonds is 5. The van der Waals surface area contributed by atoms with Crippen LogP contribution in [0.1, 0.15) is 44.7 Å². The van der Waals surface area contributed by atoms with Gasteiger partial charge in [-0.15, -0.1) is 0 Å². The number of nitrogens with one attached hydrogen (secondary N) is 1. The standard InChI is InChI=1S/C15H22N2O2/c1-3-14(19-12-7-4-5-8-12)15(18)17-13-9-6-10-16-11(13)2/h6,9-10,12,14H,3-5,7-8H2,1-2H3,(H,17,18)/t14-/m0/s1. The van der Waals surface area contributed by atoms with Gasteiger partial charge in [-0.05, 0) is 38.3 Å². The van der Waals surface area contributed by atoms with Gasteiger partial charge in [0.15, 0.2) is 0 Å². The van der Waals surface area contributed by atoms with Crippen molar-refractivity contribution in [1.29, 1.82) is 0 Å². The Balaban J connectivity index is 1.94. The molecule has 1 saturated carbocycles. The maximum absolute atomic E-state index is 12.2. The third-order valence-electron chi connectivity index (χ3n) is 3.59.